The van der Waals surface area contributed by atoms with Crippen molar-refractivity contribution in [2.45, 2.75) is 26.8 Å². The van der Waals surface area contributed by atoms with Crippen LogP contribution in [0.5, 0.6) is 0 Å². The van der Waals surface area contributed by atoms with Gasteiger partial charge in [-0.25, -0.2) is 4.98 Å². The number of H-pyrrole nitrogens is 1. The molecular weight excluding hydrogens is 378 g/mol. The van der Waals surface area contributed by atoms with Crippen LogP contribution >= 0.6 is 22.9 Å². The van der Waals surface area contributed by atoms with Crippen molar-refractivity contribution in [1.82, 2.24) is 9.97 Å². The van der Waals surface area contributed by atoms with E-state index in [1.165, 1.54) is 16.9 Å². The molecule has 27 heavy (non-hydrogen) atoms. The molecule has 0 aliphatic carbocycles. The van der Waals surface area contributed by atoms with E-state index in [0.717, 1.165) is 28.1 Å². The summed E-state index contributed by atoms with van der Waals surface area (Å²) in [6.45, 7) is 4.73. The van der Waals surface area contributed by atoms with Crippen molar-refractivity contribution in [2.75, 3.05) is 0 Å². The topological polar surface area (TPSA) is 49.6 Å². The molecule has 0 fully saturated rings. The number of fused-ring (bicyclic) bond motifs is 1. The Morgan fingerprint density at radius 3 is 2.70 bits per heavy atom. The van der Waals surface area contributed by atoms with Gasteiger partial charge in [-0.05, 0) is 30.2 Å². The maximum absolute atomic E-state index is 12.8. The Hall–Kier alpha value is -2.50. The van der Waals surface area contributed by atoms with Crippen LogP contribution in [0.4, 0.5) is 0 Å². The molecule has 0 saturated heterocycles. The van der Waals surface area contributed by atoms with Crippen molar-refractivity contribution in [3.05, 3.63) is 80.4 Å². The second-order valence-corrected chi connectivity index (χ2v) is 7.80. The van der Waals surface area contributed by atoms with Crippen LogP contribution in [0, 0.1) is 6.92 Å². The minimum Gasteiger partial charge on any atom is -0.305 e. The third-order valence-corrected chi connectivity index (χ3v) is 5.81. The molecule has 4 rings (SSSR count). The molecule has 4 nitrogen and oxygen atoms in total. The molecule has 3 heterocycles. The summed E-state index contributed by atoms with van der Waals surface area (Å²) in [5, 5.41) is 3.29. The first kappa shape index (κ1) is 17.9. The lowest BCUT2D eigenvalue weighted by atomic mass is 10.1. The van der Waals surface area contributed by atoms with E-state index in [-0.39, 0.29) is 5.56 Å². The molecular formula is C21H19ClN3OS+. The molecule has 1 aromatic carbocycles. The van der Waals surface area contributed by atoms with E-state index < -0.39 is 0 Å². The molecule has 6 heteroatoms. The van der Waals surface area contributed by atoms with Crippen molar-refractivity contribution in [3.63, 3.8) is 0 Å². The SMILES string of the molecule is CCc1ccc(C)[n+](Cc2nc3scc(-c4ccc(Cl)cc4)c3c(=O)[nH]2)c1. The fourth-order valence-corrected chi connectivity index (χ4v) is 4.21. The Kier molecular flexibility index (Phi) is 4.81. The van der Waals surface area contributed by atoms with Gasteiger partial charge in [-0.15, -0.1) is 11.3 Å². The zero-order valence-corrected chi connectivity index (χ0v) is 16.7. The molecule has 4 aromatic rings. The van der Waals surface area contributed by atoms with Gasteiger partial charge >= 0.3 is 0 Å². The summed E-state index contributed by atoms with van der Waals surface area (Å²) in [7, 11) is 0. The van der Waals surface area contributed by atoms with Crippen LogP contribution < -0.4 is 10.1 Å². The highest BCUT2D eigenvalue weighted by atomic mass is 35.5. The van der Waals surface area contributed by atoms with Crippen LogP contribution in [-0.2, 0) is 13.0 Å². The van der Waals surface area contributed by atoms with Crippen LogP contribution in [-0.4, -0.2) is 9.97 Å². The molecule has 1 N–H and O–H groups in total. The zero-order valence-electron chi connectivity index (χ0n) is 15.1. The first-order valence-corrected chi connectivity index (χ1v) is 10.1. The number of benzene rings is 1. The second-order valence-electron chi connectivity index (χ2n) is 6.51. The lowest BCUT2D eigenvalue weighted by Crippen LogP contribution is -2.39. The Balaban J connectivity index is 1.75. The number of aryl methyl sites for hydroxylation is 2. The maximum Gasteiger partial charge on any atom is 0.260 e. The lowest BCUT2D eigenvalue weighted by Gasteiger charge is -2.04. The zero-order chi connectivity index (χ0) is 19.0. The van der Waals surface area contributed by atoms with Crippen molar-refractivity contribution in [1.29, 1.82) is 0 Å². The summed E-state index contributed by atoms with van der Waals surface area (Å²) in [4.78, 5) is 21.2. The molecule has 3 aromatic heterocycles. The van der Waals surface area contributed by atoms with Gasteiger partial charge in [-0.1, -0.05) is 30.7 Å². The highest BCUT2D eigenvalue weighted by Gasteiger charge is 2.16. The number of hydrogen-bond acceptors (Lipinski definition) is 3. The number of aromatic nitrogens is 3. The number of aromatic amines is 1. The van der Waals surface area contributed by atoms with Crippen molar-refractivity contribution < 1.29 is 4.57 Å². The molecule has 0 bridgehead atoms. The normalized spacial score (nSPS) is 11.2. The highest BCUT2D eigenvalue weighted by Crippen LogP contribution is 2.31. The minimum absolute atomic E-state index is 0.105. The third-order valence-electron chi connectivity index (χ3n) is 4.69. The molecule has 0 spiro atoms. The summed E-state index contributed by atoms with van der Waals surface area (Å²) in [5.74, 6) is 0.665. The van der Waals surface area contributed by atoms with Gasteiger partial charge in [0, 0.05) is 34.5 Å². The van der Waals surface area contributed by atoms with Crippen LogP contribution in [0.15, 0.2) is 52.8 Å². The Bertz CT molecular complexity index is 1180. The summed E-state index contributed by atoms with van der Waals surface area (Å²) >= 11 is 7.47. The quantitative estimate of drug-likeness (QED) is 0.516. The van der Waals surface area contributed by atoms with Gasteiger partial charge in [0.05, 0.1) is 5.39 Å². The molecule has 0 radical (unpaired) electrons. The van der Waals surface area contributed by atoms with Crippen molar-refractivity contribution >= 4 is 33.2 Å². The summed E-state index contributed by atoms with van der Waals surface area (Å²) in [6, 6.07) is 11.7. The number of thiophene rings is 1. The summed E-state index contributed by atoms with van der Waals surface area (Å²) in [5.41, 5.74) is 4.13. The van der Waals surface area contributed by atoms with E-state index in [1.807, 2.05) is 29.6 Å². The molecule has 0 atom stereocenters. The molecule has 136 valence electrons. The van der Waals surface area contributed by atoms with Gasteiger partial charge in [-0.3, -0.25) is 4.79 Å². The number of nitrogens with one attached hydrogen (secondary N) is 1. The minimum atomic E-state index is -0.105. The van der Waals surface area contributed by atoms with E-state index in [1.54, 1.807) is 0 Å². The van der Waals surface area contributed by atoms with E-state index >= 15 is 0 Å². The highest BCUT2D eigenvalue weighted by molar-refractivity contribution is 7.17. The monoisotopic (exact) mass is 396 g/mol. The van der Waals surface area contributed by atoms with Crippen LogP contribution in [0.2, 0.25) is 5.02 Å². The standard InChI is InChI=1S/C21H18ClN3OS/c1-3-14-5-4-13(2)25(10-14)11-18-23-20(26)19-17(12-27-21(19)24-18)15-6-8-16(22)9-7-15/h4-10,12H,3,11H2,1-2H3/p+1. The average molecular weight is 397 g/mol. The fourth-order valence-electron chi connectivity index (χ4n) is 3.12. The molecule has 0 saturated carbocycles. The summed E-state index contributed by atoms with van der Waals surface area (Å²) in [6.07, 6.45) is 3.09. The van der Waals surface area contributed by atoms with Crippen LogP contribution in [0.25, 0.3) is 21.3 Å². The van der Waals surface area contributed by atoms with Gasteiger partial charge in [0.25, 0.3) is 5.56 Å². The van der Waals surface area contributed by atoms with E-state index in [4.69, 9.17) is 16.6 Å². The van der Waals surface area contributed by atoms with Crippen molar-refractivity contribution in [2.24, 2.45) is 0 Å². The second kappa shape index (κ2) is 7.25. The van der Waals surface area contributed by atoms with Gasteiger partial charge in [0.15, 0.2) is 17.7 Å². The Morgan fingerprint density at radius 2 is 1.96 bits per heavy atom. The first-order valence-electron chi connectivity index (χ1n) is 8.80. The van der Waals surface area contributed by atoms with Gasteiger partial charge < -0.3 is 4.98 Å². The summed E-state index contributed by atoms with van der Waals surface area (Å²) < 4.78 is 2.12. The van der Waals surface area contributed by atoms with Crippen molar-refractivity contribution in [3.8, 4) is 11.1 Å². The average Bonchev–Trinajstić information content (AvgIpc) is 3.09. The third kappa shape index (κ3) is 3.53. The molecule has 0 aliphatic rings. The van der Waals surface area contributed by atoms with Gasteiger partial charge in [0.1, 0.15) is 4.83 Å². The largest absolute Gasteiger partial charge is 0.305 e. The van der Waals surface area contributed by atoms with Gasteiger partial charge in [-0.2, -0.15) is 4.57 Å². The Morgan fingerprint density at radius 1 is 1.19 bits per heavy atom. The number of pyridine rings is 1. The number of halogens is 1. The molecule has 0 amide bonds. The molecule has 0 aliphatic heterocycles. The lowest BCUT2D eigenvalue weighted by molar-refractivity contribution is -0.695. The predicted octanol–water partition coefficient (Wildman–Crippen LogP) is 4.51. The smallest absolute Gasteiger partial charge is 0.260 e. The number of nitrogens with zero attached hydrogens (tertiary/aromatic N) is 2. The Labute approximate surface area is 166 Å². The van der Waals surface area contributed by atoms with Gasteiger partial charge in [0.2, 0.25) is 6.54 Å². The first-order chi connectivity index (χ1) is 13.0. The van der Waals surface area contributed by atoms with E-state index in [0.29, 0.717) is 22.8 Å². The van der Waals surface area contributed by atoms with Crippen LogP contribution in [0.3, 0.4) is 0 Å². The molecule has 0 unspecified atom stereocenters. The van der Waals surface area contributed by atoms with E-state index in [2.05, 4.69) is 41.7 Å². The van der Waals surface area contributed by atoms with E-state index in [9.17, 15) is 4.79 Å². The number of rotatable bonds is 4. The van der Waals surface area contributed by atoms with Crippen LogP contribution in [0.1, 0.15) is 24.0 Å². The maximum atomic E-state index is 12.8. The number of hydrogen-bond donors (Lipinski definition) is 1. The predicted molar refractivity (Wildman–Crippen MR) is 111 cm³/mol. The fraction of sp³-hybridized carbons (Fsp3) is 0.190.